The van der Waals surface area contributed by atoms with Gasteiger partial charge in [-0.2, -0.15) is 0 Å². The summed E-state index contributed by atoms with van der Waals surface area (Å²) in [5.41, 5.74) is 3.41. The third kappa shape index (κ3) is 3.01. The van der Waals surface area contributed by atoms with Crippen molar-refractivity contribution in [2.24, 2.45) is 0 Å². The minimum Gasteiger partial charge on any atom is -0.406 e. The van der Waals surface area contributed by atoms with Crippen LogP contribution < -0.4 is 4.74 Å². The molecule has 0 fully saturated rings. The Morgan fingerprint density at radius 1 is 1.12 bits per heavy atom. The molecule has 24 heavy (non-hydrogen) atoms. The highest BCUT2D eigenvalue weighted by atomic mass is 19.4. The Labute approximate surface area is 136 Å². The van der Waals surface area contributed by atoms with E-state index in [2.05, 4.69) is 14.6 Å². The molecule has 0 bridgehead atoms. The lowest BCUT2D eigenvalue weighted by molar-refractivity contribution is -0.274. The fourth-order valence-corrected chi connectivity index (χ4v) is 2.58. The first-order valence-electron chi connectivity index (χ1n) is 7.01. The van der Waals surface area contributed by atoms with Gasteiger partial charge in [0.25, 0.3) is 0 Å². The summed E-state index contributed by atoms with van der Waals surface area (Å²) in [4.78, 5) is 7.89. The van der Waals surface area contributed by atoms with Gasteiger partial charge in [0.15, 0.2) is 5.69 Å². The van der Waals surface area contributed by atoms with Crippen LogP contribution in [-0.4, -0.2) is 11.3 Å². The molecule has 0 saturated heterocycles. The van der Waals surface area contributed by atoms with Crippen LogP contribution in [0.4, 0.5) is 18.9 Å². The Bertz CT molecular complexity index is 941. The van der Waals surface area contributed by atoms with Crippen LogP contribution >= 0.6 is 0 Å². The molecule has 3 nitrogen and oxygen atoms in total. The summed E-state index contributed by atoms with van der Waals surface area (Å²) in [7, 11) is 0. The lowest BCUT2D eigenvalue weighted by Gasteiger charge is -2.12. The summed E-state index contributed by atoms with van der Waals surface area (Å²) in [6.45, 7) is 9.15. The Balaban J connectivity index is 2.12. The standard InChI is InChI=1S/C18H11F3N2O/c1-11-10-15(17-14(16(11)22-2)4-3-9-23-17)12-5-7-13(8-6-12)24-18(19,20)21/h3-10H,1H3. The van der Waals surface area contributed by atoms with Crippen molar-refractivity contribution >= 4 is 16.6 Å². The molecule has 3 aromatic rings. The highest BCUT2D eigenvalue weighted by Gasteiger charge is 2.31. The maximum atomic E-state index is 12.2. The molecule has 3 rings (SSSR count). The van der Waals surface area contributed by atoms with Crippen molar-refractivity contribution in [3.05, 3.63) is 65.6 Å². The van der Waals surface area contributed by atoms with E-state index in [1.54, 1.807) is 24.4 Å². The fourth-order valence-electron chi connectivity index (χ4n) is 2.58. The molecule has 0 aliphatic rings. The number of pyridine rings is 1. The third-order valence-electron chi connectivity index (χ3n) is 3.56. The predicted molar refractivity (Wildman–Crippen MR) is 84.9 cm³/mol. The van der Waals surface area contributed by atoms with Gasteiger partial charge in [0.1, 0.15) is 5.75 Å². The first-order chi connectivity index (χ1) is 11.4. The number of alkyl halides is 3. The zero-order chi connectivity index (χ0) is 17.3. The predicted octanol–water partition coefficient (Wildman–Crippen LogP) is 5.66. The molecule has 1 aromatic heterocycles. The number of aryl methyl sites for hydroxylation is 1. The van der Waals surface area contributed by atoms with Gasteiger partial charge in [-0.3, -0.25) is 4.98 Å². The van der Waals surface area contributed by atoms with E-state index in [0.717, 1.165) is 16.5 Å². The molecule has 0 unspecified atom stereocenters. The first kappa shape index (κ1) is 15.8. The molecular weight excluding hydrogens is 317 g/mol. The molecule has 0 N–H and O–H groups in total. The Hall–Kier alpha value is -3.07. The summed E-state index contributed by atoms with van der Waals surface area (Å²) in [6.07, 6.45) is -3.10. The molecule has 1 heterocycles. The SMILES string of the molecule is [C-]#[N+]c1c(C)cc(-c2ccc(OC(F)(F)F)cc2)c2ncccc12. The van der Waals surface area contributed by atoms with Gasteiger partial charge in [0, 0.05) is 17.1 Å². The van der Waals surface area contributed by atoms with E-state index >= 15 is 0 Å². The third-order valence-corrected chi connectivity index (χ3v) is 3.56. The van der Waals surface area contributed by atoms with Gasteiger partial charge in [0.2, 0.25) is 0 Å². The van der Waals surface area contributed by atoms with E-state index < -0.39 is 6.36 Å². The smallest absolute Gasteiger partial charge is 0.406 e. The number of halogens is 3. The van der Waals surface area contributed by atoms with Crippen molar-refractivity contribution in [2.45, 2.75) is 13.3 Å². The minimum absolute atomic E-state index is 0.280. The largest absolute Gasteiger partial charge is 0.573 e. The number of ether oxygens (including phenoxy) is 1. The number of benzene rings is 2. The number of nitrogens with zero attached hydrogens (tertiary/aromatic N) is 2. The average Bonchev–Trinajstić information content (AvgIpc) is 2.53. The van der Waals surface area contributed by atoms with Crippen molar-refractivity contribution in [3.8, 4) is 16.9 Å². The van der Waals surface area contributed by atoms with Crippen LogP contribution in [0.5, 0.6) is 5.75 Å². The normalized spacial score (nSPS) is 11.3. The Kier molecular flexibility index (Phi) is 3.86. The maximum Gasteiger partial charge on any atom is 0.573 e. The quantitative estimate of drug-likeness (QED) is 0.567. The van der Waals surface area contributed by atoms with Gasteiger partial charge in [0.05, 0.1) is 12.1 Å². The molecule has 6 heteroatoms. The van der Waals surface area contributed by atoms with Gasteiger partial charge in [-0.05, 0) is 36.2 Å². The maximum absolute atomic E-state index is 12.2. The van der Waals surface area contributed by atoms with Crippen LogP contribution in [0, 0.1) is 13.5 Å². The van der Waals surface area contributed by atoms with Gasteiger partial charge >= 0.3 is 6.36 Å². The van der Waals surface area contributed by atoms with Crippen molar-refractivity contribution in [3.63, 3.8) is 0 Å². The zero-order valence-corrected chi connectivity index (χ0v) is 12.6. The van der Waals surface area contributed by atoms with E-state index in [-0.39, 0.29) is 5.75 Å². The second-order valence-corrected chi connectivity index (χ2v) is 5.17. The zero-order valence-electron chi connectivity index (χ0n) is 12.6. The molecule has 0 aliphatic carbocycles. The second-order valence-electron chi connectivity index (χ2n) is 5.17. The molecule has 2 aromatic carbocycles. The monoisotopic (exact) mass is 328 g/mol. The van der Waals surface area contributed by atoms with Crippen molar-refractivity contribution < 1.29 is 17.9 Å². The van der Waals surface area contributed by atoms with Crippen LogP contribution in [0.15, 0.2) is 48.7 Å². The van der Waals surface area contributed by atoms with Gasteiger partial charge in [-0.1, -0.05) is 24.3 Å². The highest BCUT2D eigenvalue weighted by Crippen LogP contribution is 2.37. The Morgan fingerprint density at radius 2 is 1.83 bits per heavy atom. The van der Waals surface area contributed by atoms with Crippen molar-refractivity contribution in [1.82, 2.24) is 4.98 Å². The van der Waals surface area contributed by atoms with E-state index in [9.17, 15) is 13.2 Å². The molecule has 0 saturated carbocycles. The summed E-state index contributed by atoms with van der Waals surface area (Å²) in [5.74, 6) is -0.280. The summed E-state index contributed by atoms with van der Waals surface area (Å²) in [5, 5.41) is 0.720. The Morgan fingerprint density at radius 3 is 2.46 bits per heavy atom. The lowest BCUT2D eigenvalue weighted by atomic mass is 9.97. The summed E-state index contributed by atoms with van der Waals surface area (Å²) >= 11 is 0. The molecule has 0 spiro atoms. The molecule has 0 radical (unpaired) electrons. The average molecular weight is 328 g/mol. The lowest BCUT2D eigenvalue weighted by Crippen LogP contribution is -2.16. The van der Waals surface area contributed by atoms with Crippen molar-refractivity contribution in [2.75, 3.05) is 0 Å². The van der Waals surface area contributed by atoms with Crippen LogP contribution in [-0.2, 0) is 0 Å². The van der Waals surface area contributed by atoms with Gasteiger partial charge in [-0.15, -0.1) is 13.2 Å². The number of rotatable bonds is 2. The molecule has 120 valence electrons. The number of hydrogen-bond acceptors (Lipinski definition) is 2. The van der Waals surface area contributed by atoms with Crippen molar-refractivity contribution in [1.29, 1.82) is 0 Å². The molecule has 0 aliphatic heterocycles. The van der Waals surface area contributed by atoms with Crippen LogP contribution in [0.1, 0.15) is 5.56 Å². The second kappa shape index (κ2) is 5.85. The molecule has 0 amide bonds. The summed E-state index contributed by atoms with van der Waals surface area (Å²) < 4.78 is 40.6. The highest BCUT2D eigenvalue weighted by molar-refractivity contribution is 6.02. The number of aromatic nitrogens is 1. The fraction of sp³-hybridized carbons (Fsp3) is 0.111. The minimum atomic E-state index is -4.72. The van der Waals surface area contributed by atoms with Crippen LogP contribution in [0.3, 0.4) is 0 Å². The van der Waals surface area contributed by atoms with E-state index in [4.69, 9.17) is 6.57 Å². The van der Waals surface area contributed by atoms with Crippen LogP contribution in [0.2, 0.25) is 0 Å². The van der Waals surface area contributed by atoms with E-state index in [0.29, 0.717) is 16.8 Å². The first-order valence-corrected chi connectivity index (χ1v) is 7.01. The number of fused-ring (bicyclic) bond motifs is 1. The topological polar surface area (TPSA) is 26.5 Å². The van der Waals surface area contributed by atoms with Gasteiger partial charge < -0.3 is 4.74 Å². The molecule has 0 atom stereocenters. The van der Waals surface area contributed by atoms with E-state index in [1.807, 2.05) is 19.1 Å². The van der Waals surface area contributed by atoms with Gasteiger partial charge in [-0.25, -0.2) is 4.85 Å². The van der Waals surface area contributed by atoms with E-state index in [1.165, 1.54) is 12.1 Å². The number of hydrogen-bond donors (Lipinski definition) is 0. The summed E-state index contributed by atoms with van der Waals surface area (Å²) in [6, 6.07) is 11.0. The molecular formula is C18H11F3N2O. The van der Waals surface area contributed by atoms with Crippen LogP contribution in [0.25, 0.3) is 26.9 Å².